The van der Waals surface area contributed by atoms with Gasteiger partial charge in [-0.25, -0.2) is 4.98 Å². The molecule has 0 saturated heterocycles. The number of aryl methyl sites for hydroxylation is 1. The fraction of sp³-hybridized carbons (Fsp3) is 0.500. The second-order valence-electron chi connectivity index (χ2n) is 2.77. The first-order chi connectivity index (χ1) is 5.61. The maximum absolute atomic E-state index is 10.6. The fourth-order valence-electron chi connectivity index (χ4n) is 0.928. The van der Waals surface area contributed by atoms with Crippen LogP contribution in [-0.2, 0) is 18.4 Å². The molecule has 0 aliphatic carbocycles. The van der Waals surface area contributed by atoms with Gasteiger partial charge in [-0.15, -0.1) is 0 Å². The Morgan fingerprint density at radius 2 is 2.42 bits per heavy atom. The molecular formula is C8H13N3O. The highest BCUT2D eigenvalue weighted by Crippen LogP contribution is 2.00. The predicted molar refractivity (Wildman–Crippen MR) is 45.5 cm³/mol. The number of imidazole rings is 1. The third kappa shape index (κ3) is 1.84. The van der Waals surface area contributed by atoms with Gasteiger partial charge in [0.25, 0.3) is 0 Å². The van der Waals surface area contributed by atoms with E-state index in [0.717, 1.165) is 11.5 Å². The molecule has 4 nitrogen and oxygen atoms in total. The first-order valence-electron chi connectivity index (χ1n) is 3.83. The zero-order valence-electron chi connectivity index (χ0n) is 7.59. The first kappa shape index (κ1) is 8.77. The lowest BCUT2D eigenvalue weighted by Crippen LogP contribution is -2.20. The van der Waals surface area contributed by atoms with Gasteiger partial charge in [0.2, 0.25) is 5.91 Å². The Balaban J connectivity index is 2.63. The lowest BCUT2D eigenvalue weighted by molar-refractivity contribution is -0.119. The van der Waals surface area contributed by atoms with E-state index >= 15 is 0 Å². The maximum Gasteiger partial charge on any atom is 0.217 e. The van der Waals surface area contributed by atoms with E-state index in [1.54, 1.807) is 6.20 Å². The maximum atomic E-state index is 10.6. The van der Waals surface area contributed by atoms with E-state index in [-0.39, 0.29) is 5.91 Å². The summed E-state index contributed by atoms with van der Waals surface area (Å²) in [5.41, 5.74) is 1.02. The van der Waals surface area contributed by atoms with Gasteiger partial charge >= 0.3 is 0 Å². The Morgan fingerprint density at radius 3 is 2.83 bits per heavy atom. The Labute approximate surface area is 71.6 Å². The van der Waals surface area contributed by atoms with Crippen LogP contribution in [0, 0.1) is 6.92 Å². The van der Waals surface area contributed by atoms with Crippen LogP contribution in [0.5, 0.6) is 0 Å². The molecule has 0 aliphatic heterocycles. The SMILES string of the molecule is CC(=O)NCc1cnc(C)n1C. The van der Waals surface area contributed by atoms with E-state index in [1.807, 2.05) is 18.5 Å². The van der Waals surface area contributed by atoms with E-state index in [1.165, 1.54) is 6.92 Å². The van der Waals surface area contributed by atoms with Crippen LogP contribution in [0.25, 0.3) is 0 Å². The van der Waals surface area contributed by atoms with Crippen molar-refractivity contribution in [3.8, 4) is 0 Å². The Kier molecular flexibility index (Phi) is 2.47. The number of hydrogen-bond acceptors (Lipinski definition) is 2. The number of aromatic nitrogens is 2. The van der Waals surface area contributed by atoms with Crippen molar-refractivity contribution in [1.29, 1.82) is 0 Å². The molecule has 0 atom stereocenters. The lowest BCUT2D eigenvalue weighted by Gasteiger charge is -2.03. The van der Waals surface area contributed by atoms with Gasteiger partial charge < -0.3 is 9.88 Å². The van der Waals surface area contributed by atoms with Gasteiger partial charge in [-0.05, 0) is 6.92 Å². The molecule has 0 bridgehead atoms. The van der Waals surface area contributed by atoms with Gasteiger partial charge in [0.15, 0.2) is 0 Å². The predicted octanol–water partition coefficient (Wildman–Crippen LogP) is 0.365. The average molecular weight is 167 g/mol. The molecule has 66 valence electrons. The Hall–Kier alpha value is -1.32. The molecule has 1 aromatic heterocycles. The molecular weight excluding hydrogens is 154 g/mol. The van der Waals surface area contributed by atoms with E-state index in [0.29, 0.717) is 6.54 Å². The summed E-state index contributed by atoms with van der Waals surface area (Å²) in [6, 6.07) is 0. The van der Waals surface area contributed by atoms with Crippen LogP contribution >= 0.6 is 0 Å². The lowest BCUT2D eigenvalue weighted by atomic mass is 10.4. The highest BCUT2D eigenvalue weighted by atomic mass is 16.1. The van der Waals surface area contributed by atoms with E-state index < -0.39 is 0 Å². The summed E-state index contributed by atoms with van der Waals surface area (Å²) in [6.07, 6.45) is 1.77. The molecule has 1 amide bonds. The van der Waals surface area contributed by atoms with Crippen molar-refractivity contribution in [2.24, 2.45) is 7.05 Å². The summed E-state index contributed by atoms with van der Waals surface area (Å²) >= 11 is 0. The molecule has 1 N–H and O–H groups in total. The second-order valence-corrected chi connectivity index (χ2v) is 2.77. The summed E-state index contributed by atoms with van der Waals surface area (Å²) in [7, 11) is 1.93. The van der Waals surface area contributed by atoms with Crippen molar-refractivity contribution in [3.05, 3.63) is 17.7 Å². The molecule has 0 fully saturated rings. The van der Waals surface area contributed by atoms with Gasteiger partial charge in [-0.3, -0.25) is 4.79 Å². The van der Waals surface area contributed by atoms with Crippen molar-refractivity contribution < 1.29 is 4.79 Å². The monoisotopic (exact) mass is 167 g/mol. The van der Waals surface area contributed by atoms with Crippen LogP contribution in [0.15, 0.2) is 6.20 Å². The molecule has 0 spiro atoms. The minimum Gasteiger partial charge on any atom is -0.351 e. The number of rotatable bonds is 2. The van der Waals surface area contributed by atoms with Crippen LogP contribution in [0.2, 0.25) is 0 Å². The van der Waals surface area contributed by atoms with Gasteiger partial charge in [0, 0.05) is 14.0 Å². The van der Waals surface area contributed by atoms with Crippen molar-refractivity contribution in [2.75, 3.05) is 0 Å². The highest BCUT2D eigenvalue weighted by molar-refractivity contribution is 5.72. The van der Waals surface area contributed by atoms with Crippen LogP contribution in [0.3, 0.4) is 0 Å². The Morgan fingerprint density at radius 1 is 1.75 bits per heavy atom. The number of nitrogens with zero attached hydrogens (tertiary/aromatic N) is 2. The van der Waals surface area contributed by atoms with Gasteiger partial charge in [0.05, 0.1) is 18.4 Å². The molecule has 0 aliphatic rings. The summed E-state index contributed by atoms with van der Waals surface area (Å²) in [6.45, 7) is 3.98. The molecule has 0 aromatic carbocycles. The first-order valence-corrected chi connectivity index (χ1v) is 3.83. The smallest absolute Gasteiger partial charge is 0.217 e. The van der Waals surface area contributed by atoms with Crippen LogP contribution < -0.4 is 5.32 Å². The molecule has 0 saturated carbocycles. The molecule has 1 heterocycles. The topological polar surface area (TPSA) is 46.9 Å². The number of hydrogen-bond donors (Lipinski definition) is 1. The van der Waals surface area contributed by atoms with Gasteiger partial charge in [0.1, 0.15) is 5.82 Å². The molecule has 0 unspecified atom stereocenters. The van der Waals surface area contributed by atoms with E-state index in [9.17, 15) is 4.79 Å². The second kappa shape index (κ2) is 3.38. The molecule has 12 heavy (non-hydrogen) atoms. The zero-order valence-corrected chi connectivity index (χ0v) is 7.59. The third-order valence-electron chi connectivity index (χ3n) is 1.84. The molecule has 1 aromatic rings. The normalized spacial score (nSPS) is 9.92. The summed E-state index contributed by atoms with van der Waals surface area (Å²) in [5, 5.41) is 2.72. The zero-order chi connectivity index (χ0) is 9.14. The molecule has 1 rings (SSSR count). The number of amides is 1. The average Bonchev–Trinajstić information content (AvgIpc) is 2.30. The van der Waals surface area contributed by atoms with Crippen LogP contribution in [0.4, 0.5) is 0 Å². The number of nitrogens with one attached hydrogen (secondary N) is 1. The Bertz CT molecular complexity index is 290. The summed E-state index contributed by atoms with van der Waals surface area (Å²) < 4.78 is 1.95. The van der Waals surface area contributed by atoms with Gasteiger partial charge in [-0.1, -0.05) is 0 Å². The minimum atomic E-state index is -0.0196. The van der Waals surface area contributed by atoms with E-state index in [4.69, 9.17) is 0 Å². The van der Waals surface area contributed by atoms with Crippen molar-refractivity contribution in [2.45, 2.75) is 20.4 Å². The quantitative estimate of drug-likeness (QED) is 0.691. The number of carbonyl (C=O) groups excluding carboxylic acids is 1. The van der Waals surface area contributed by atoms with Crippen molar-refractivity contribution >= 4 is 5.91 Å². The summed E-state index contributed by atoms with van der Waals surface area (Å²) in [5.74, 6) is 0.934. The van der Waals surface area contributed by atoms with Crippen molar-refractivity contribution in [3.63, 3.8) is 0 Å². The third-order valence-corrected chi connectivity index (χ3v) is 1.84. The van der Waals surface area contributed by atoms with Gasteiger partial charge in [-0.2, -0.15) is 0 Å². The largest absolute Gasteiger partial charge is 0.351 e. The van der Waals surface area contributed by atoms with Crippen LogP contribution in [0.1, 0.15) is 18.4 Å². The highest BCUT2D eigenvalue weighted by Gasteiger charge is 2.01. The van der Waals surface area contributed by atoms with Crippen LogP contribution in [-0.4, -0.2) is 15.5 Å². The van der Waals surface area contributed by atoms with E-state index in [2.05, 4.69) is 10.3 Å². The summed E-state index contributed by atoms with van der Waals surface area (Å²) in [4.78, 5) is 14.7. The molecule has 0 radical (unpaired) electrons. The standard InChI is InChI=1S/C8H13N3O/c1-6-9-4-8(11(6)3)5-10-7(2)12/h4H,5H2,1-3H3,(H,10,12). The van der Waals surface area contributed by atoms with Crippen molar-refractivity contribution in [1.82, 2.24) is 14.9 Å². The minimum absolute atomic E-state index is 0.0196. The fourth-order valence-corrected chi connectivity index (χ4v) is 0.928. The number of carbonyl (C=O) groups is 1. The molecule has 4 heteroatoms.